The molecule has 0 aliphatic carbocycles. The number of unbranched alkanes of at least 4 members (excludes halogenated alkanes) is 3. The van der Waals surface area contributed by atoms with Gasteiger partial charge in [-0.25, -0.2) is 0 Å². The lowest BCUT2D eigenvalue weighted by molar-refractivity contribution is -0.00000598. The second kappa shape index (κ2) is 15.8. The van der Waals surface area contributed by atoms with E-state index in [0.717, 1.165) is 13.1 Å². The summed E-state index contributed by atoms with van der Waals surface area (Å²) in [5.41, 5.74) is 0. The number of hydrogen-bond acceptors (Lipinski definition) is 1. The van der Waals surface area contributed by atoms with Gasteiger partial charge in [-0.3, -0.25) is 0 Å². The average molecular weight is 565 g/mol. The highest BCUT2D eigenvalue weighted by Crippen LogP contribution is 2.55. The fraction of sp³-hybridized carbons (Fsp3) is 0.333. The monoisotopic (exact) mass is 563 g/mol. The van der Waals surface area contributed by atoms with E-state index in [1.807, 2.05) is 0 Å². The molecule has 0 atom stereocenters. The zero-order valence-corrected chi connectivity index (χ0v) is 22.7. The van der Waals surface area contributed by atoms with Crippen molar-refractivity contribution in [2.75, 3.05) is 19.3 Å². The van der Waals surface area contributed by atoms with Crippen LogP contribution in [0.4, 0.5) is 0 Å². The van der Waals surface area contributed by atoms with E-state index in [-0.39, 0.29) is 34.0 Å². The Morgan fingerprint density at radius 3 is 1.42 bits per heavy atom. The first-order valence-corrected chi connectivity index (χ1v) is 13.1. The van der Waals surface area contributed by atoms with Crippen LogP contribution < -0.4 is 38.2 Å². The van der Waals surface area contributed by atoms with Crippen molar-refractivity contribution < 1.29 is 17.0 Å². The quantitative estimate of drug-likeness (QED) is 0.263. The van der Waals surface area contributed by atoms with Crippen LogP contribution in [0.2, 0.25) is 0 Å². The van der Waals surface area contributed by atoms with Gasteiger partial charge >= 0.3 is 0 Å². The summed E-state index contributed by atoms with van der Waals surface area (Å²) < 4.78 is 0. The molecular formula is C27H36Br2NP. The van der Waals surface area contributed by atoms with Gasteiger partial charge in [-0.1, -0.05) is 80.8 Å². The van der Waals surface area contributed by atoms with E-state index in [4.69, 9.17) is 0 Å². The van der Waals surface area contributed by atoms with Gasteiger partial charge in [0.05, 0.1) is 6.16 Å². The van der Waals surface area contributed by atoms with Gasteiger partial charge < -0.3 is 22.3 Å². The minimum Gasteiger partial charge on any atom is -1.00 e. The first-order chi connectivity index (χ1) is 14.4. The van der Waals surface area contributed by atoms with Crippen LogP contribution >= 0.6 is 24.2 Å². The van der Waals surface area contributed by atoms with E-state index in [0.29, 0.717) is 0 Å². The Kier molecular flexibility index (Phi) is 14.3. The van der Waals surface area contributed by atoms with Gasteiger partial charge in [-0.2, -0.15) is 0 Å². The zero-order valence-electron chi connectivity index (χ0n) is 18.6. The Morgan fingerprint density at radius 2 is 1.00 bits per heavy atom. The molecule has 31 heavy (non-hydrogen) atoms. The van der Waals surface area contributed by atoms with Gasteiger partial charge in [0.2, 0.25) is 0 Å². The number of halogens is 2. The Morgan fingerprint density at radius 1 is 0.581 bits per heavy atom. The van der Waals surface area contributed by atoms with Crippen molar-refractivity contribution in [1.82, 2.24) is 5.32 Å². The number of rotatable bonds is 12. The molecule has 0 saturated heterocycles. The van der Waals surface area contributed by atoms with Crippen LogP contribution in [-0.2, 0) is 0 Å². The molecule has 168 valence electrons. The van der Waals surface area contributed by atoms with Crippen LogP contribution in [0.5, 0.6) is 0 Å². The minimum absolute atomic E-state index is 0. The summed E-state index contributed by atoms with van der Waals surface area (Å²) >= 11 is 0. The first kappa shape index (κ1) is 28.0. The largest absolute Gasteiger partial charge is 1.00 e. The summed E-state index contributed by atoms with van der Waals surface area (Å²) in [7, 11) is -1.66. The average Bonchev–Trinajstić information content (AvgIpc) is 2.80. The van der Waals surface area contributed by atoms with Crippen LogP contribution in [0.15, 0.2) is 91.0 Å². The SMILES string of the molecule is Br.CCCCCCNCCC[P+](c1ccccc1)(c1ccccc1)c1ccccc1.[Br-]. The van der Waals surface area contributed by atoms with Gasteiger partial charge in [-0.15, -0.1) is 17.0 Å². The molecular weight excluding hydrogens is 529 g/mol. The molecule has 0 saturated carbocycles. The summed E-state index contributed by atoms with van der Waals surface area (Å²) in [4.78, 5) is 0. The van der Waals surface area contributed by atoms with E-state index in [9.17, 15) is 0 Å². The standard InChI is InChI=1S/C27H35NP.2BrH/c1-2-3-4-14-22-28-23-15-24-29(25-16-8-5-9-17-25,26-18-10-6-11-19-26)27-20-12-7-13-21-27;;/h5-13,16-21,28H,2-4,14-15,22-24H2,1H3;2*1H/q+1;;/p-1. The van der Waals surface area contributed by atoms with Crippen LogP contribution in [0, 0.1) is 0 Å². The molecule has 0 amide bonds. The molecule has 0 unspecified atom stereocenters. The van der Waals surface area contributed by atoms with Gasteiger partial charge in [-0.05, 0) is 62.3 Å². The topological polar surface area (TPSA) is 12.0 Å². The molecule has 0 heterocycles. The Balaban J connectivity index is 0.00000240. The summed E-state index contributed by atoms with van der Waals surface area (Å²) in [6, 6.07) is 33.6. The number of nitrogens with one attached hydrogen (secondary N) is 1. The molecule has 1 nitrogen and oxygen atoms in total. The third kappa shape index (κ3) is 7.82. The second-order valence-corrected chi connectivity index (χ2v) is 11.3. The van der Waals surface area contributed by atoms with Crippen molar-refractivity contribution in [3.05, 3.63) is 91.0 Å². The van der Waals surface area contributed by atoms with Crippen molar-refractivity contribution in [3.8, 4) is 0 Å². The van der Waals surface area contributed by atoms with E-state index in [1.165, 1.54) is 54.2 Å². The van der Waals surface area contributed by atoms with E-state index < -0.39 is 7.26 Å². The van der Waals surface area contributed by atoms with E-state index in [1.54, 1.807) is 0 Å². The lowest BCUT2D eigenvalue weighted by Crippen LogP contribution is -3.00. The third-order valence-corrected chi connectivity index (χ3v) is 10.2. The summed E-state index contributed by atoms with van der Waals surface area (Å²) in [5, 5.41) is 8.15. The summed E-state index contributed by atoms with van der Waals surface area (Å²) in [6.45, 7) is 4.52. The van der Waals surface area contributed by atoms with E-state index >= 15 is 0 Å². The molecule has 0 bridgehead atoms. The Bertz CT molecular complexity index is 716. The lowest BCUT2D eigenvalue weighted by atomic mass is 10.2. The molecule has 0 radical (unpaired) electrons. The van der Waals surface area contributed by atoms with Gasteiger partial charge in [0.1, 0.15) is 23.2 Å². The molecule has 3 rings (SSSR count). The predicted molar refractivity (Wildman–Crippen MR) is 142 cm³/mol. The molecule has 0 aromatic heterocycles. The smallest absolute Gasteiger partial charge is 0.112 e. The van der Waals surface area contributed by atoms with Gasteiger partial charge in [0, 0.05) is 0 Å². The number of hydrogen-bond donors (Lipinski definition) is 1. The normalized spacial score (nSPS) is 10.7. The molecule has 3 aromatic carbocycles. The van der Waals surface area contributed by atoms with Crippen LogP contribution in [0.3, 0.4) is 0 Å². The third-order valence-electron chi connectivity index (χ3n) is 5.65. The summed E-state index contributed by atoms with van der Waals surface area (Å²) in [5.74, 6) is 0. The van der Waals surface area contributed by atoms with Crippen molar-refractivity contribution in [2.45, 2.75) is 39.0 Å². The fourth-order valence-electron chi connectivity index (χ4n) is 4.12. The van der Waals surface area contributed by atoms with Gasteiger partial charge in [0.15, 0.2) is 0 Å². The van der Waals surface area contributed by atoms with Crippen molar-refractivity contribution >= 4 is 40.2 Å². The Hall–Kier alpha value is -0.990. The van der Waals surface area contributed by atoms with Crippen LogP contribution in [0.1, 0.15) is 39.0 Å². The van der Waals surface area contributed by atoms with Crippen molar-refractivity contribution in [3.63, 3.8) is 0 Å². The maximum Gasteiger partial charge on any atom is 0.112 e. The molecule has 0 aliphatic rings. The molecule has 1 N–H and O–H groups in total. The fourth-order valence-corrected chi connectivity index (χ4v) is 8.47. The Labute approximate surface area is 210 Å². The molecule has 0 fully saturated rings. The van der Waals surface area contributed by atoms with Crippen LogP contribution in [0.25, 0.3) is 0 Å². The molecule has 3 aromatic rings. The highest BCUT2D eigenvalue weighted by Gasteiger charge is 2.44. The minimum atomic E-state index is -1.66. The summed E-state index contributed by atoms with van der Waals surface area (Å²) in [6.07, 6.45) is 7.69. The second-order valence-electron chi connectivity index (χ2n) is 7.70. The number of benzene rings is 3. The van der Waals surface area contributed by atoms with E-state index in [2.05, 4.69) is 103 Å². The van der Waals surface area contributed by atoms with Crippen molar-refractivity contribution in [1.29, 1.82) is 0 Å². The van der Waals surface area contributed by atoms with Crippen molar-refractivity contribution in [2.24, 2.45) is 0 Å². The maximum absolute atomic E-state index is 3.69. The zero-order chi connectivity index (χ0) is 20.2. The highest BCUT2D eigenvalue weighted by molar-refractivity contribution is 8.93. The molecule has 0 aliphatic heterocycles. The first-order valence-electron chi connectivity index (χ1n) is 11.1. The highest BCUT2D eigenvalue weighted by atomic mass is 79.9. The predicted octanol–water partition coefficient (Wildman–Crippen LogP) is 3.12. The van der Waals surface area contributed by atoms with Gasteiger partial charge in [0.25, 0.3) is 0 Å². The van der Waals surface area contributed by atoms with Crippen LogP contribution in [-0.4, -0.2) is 19.3 Å². The lowest BCUT2D eigenvalue weighted by Gasteiger charge is -2.27. The molecule has 0 spiro atoms. The molecule has 4 heteroatoms. The maximum atomic E-state index is 3.69.